The second kappa shape index (κ2) is 3.26. The SMILES string of the molecule is CC(=O)SC1CC(C(=O)O)C1. The normalized spacial score (nSPS) is 29.2. The van der Waals surface area contributed by atoms with E-state index in [4.69, 9.17) is 5.11 Å². The molecule has 0 aromatic heterocycles. The first kappa shape index (κ1) is 8.59. The van der Waals surface area contributed by atoms with E-state index >= 15 is 0 Å². The Kier molecular flexibility index (Phi) is 2.54. The van der Waals surface area contributed by atoms with E-state index < -0.39 is 5.97 Å². The molecule has 0 aromatic carbocycles. The van der Waals surface area contributed by atoms with Gasteiger partial charge in [0, 0.05) is 12.2 Å². The van der Waals surface area contributed by atoms with Gasteiger partial charge in [-0.05, 0) is 12.8 Å². The molecule has 1 N–H and O–H groups in total. The van der Waals surface area contributed by atoms with Crippen LogP contribution in [0.3, 0.4) is 0 Å². The molecule has 0 aromatic rings. The third kappa shape index (κ3) is 2.22. The first-order valence-electron chi connectivity index (χ1n) is 3.49. The van der Waals surface area contributed by atoms with Gasteiger partial charge in [-0.15, -0.1) is 0 Å². The molecule has 0 saturated heterocycles. The fraction of sp³-hybridized carbons (Fsp3) is 0.714. The van der Waals surface area contributed by atoms with Gasteiger partial charge < -0.3 is 5.11 Å². The van der Waals surface area contributed by atoms with Crippen LogP contribution < -0.4 is 0 Å². The number of aliphatic carboxylic acids is 1. The minimum absolute atomic E-state index is 0.0823. The van der Waals surface area contributed by atoms with Crippen molar-refractivity contribution in [2.45, 2.75) is 25.0 Å². The first-order chi connectivity index (χ1) is 5.09. The highest BCUT2D eigenvalue weighted by Gasteiger charge is 2.35. The maximum atomic E-state index is 10.5. The maximum Gasteiger partial charge on any atom is 0.306 e. The van der Waals surface area contributed by atoms with E-state index in [9.17, 15) is 9.59 Å². The van der Waals surface area contributed by atoms with Crippen molar-refractivity contribution < 1.29 is 14.7 Å². The van der Waals surface area contributed by atoms with E-state index in [0.29, 0.717) is 12.8 Å². The van der Waals surface area contributed by atoms with Crippen molar-refractivity contribution in [3.8, 4) is 0 Å². The smallest absolute Gasteiger partial charge is 0.306 e. The van der Waals surface area contributed by atoms with Gasteiger partial charge in [0.1, 0.15) is 0 Å². The molecule has 0 spiro atoms. The summed E-state index contributed by atoms with van der Waals surface area (Å²) in [5, 5.41) is 8.83. The lowest BCUT2D eigenvalue weighted by Gasteiger charge is -2.30. The summed E-state index contributed by atoms with van der Waals surface area (Å²) in [5.74, 6) is -0.933. The highest BCUT2D eigenvalue weighted by Crippen LogP contribution is 2.37. The standard InChI is InChI=1S/C7H10O3S/c1-4(8)11-6-2-5(3-6)7(9)10/h5-6H,2-3H2,1H3,(H,9,10). The van der Waals surface area contributed by atoms with Gasteiger partial charge in [-0.3, -0.25) is 9.59 Å². The monoisotopic (exact) mass is 174 g/mol. The fourth-order valence-electron chi connectivity index (χ4n) is 1.10. The molecule has 0 aliphatic heterocycles. The van der Waals surface area contributed by atoms with Crippen molar-refractivity contribution in [1.82, 2.24) is 0 Å². The number of thioether (sulfide) groups is 1. The molecule has 0 bridgehead atoms. The highest BCUT2D eigenvalue weighted by atomic mass is 32.2. The highest BCUT2D eigenvalue weighted by molar-refractivity contribution is 8.14. The average Bonchev–Trinajstić information content (AvgIpc) is 1.75. The third-order valence-electron chi connectivity index (χ3n) is 1.78. The van der Waals surface area contributed by atoms with Crippen LogP contribution in [0.2, 0.25) is 0 Å². The van der Waals surface area contributed by atoms with Crippen LogP contribution in [-0.4, -0.2) is 21.4 Å². The van der Waals surface area contributed by atoms with Gasteiger partial charge in [-0.2, -0.15) is 0 Å². The van der Waals surface area contributed by atoms with E-state index in [-0.39, 0.29) is 16.3 Å². The molecule has 1 saturated carbocycles. The first-order valence-corrected chi connectivity index (χ1v) is 4.37. The summed E-state index contributed by atoms with van der Waals surface area (Å²) < 4.78 is 0. The van der Waals surface area contributed by atoms with Gasteiger partial charge in [-0.1, -0.05) is 11.8 Å². The third-order valence-corrected chi connectivity index (χ3v) is 2.83. The van der Waals surface area contributed by atoms with Crippen LogP contribution in [0.15, 0.2) is 0 Å². The lowest BCUT2D eigenvalue weighted by atomic mass is 9.85. The van der Waals surface area contributed by atoms with Gasteiger partial charge in [0.15, 0.2) is 5.12 Å². The van der Waals surface area contributed by atoms with Crippen LogP contribution in [0.4, 0.5) is 0 Å². The van der Waals surface area contributed by atoms with Crippen LogP contribution >= 0.6 is 11.8 Å². The summed E-state index contributed by atoms with van der Waals surface area (Å²) >= 11 is 1.26. The fourth-order valence-corrected chi connectivity index (χ4v) is 2.22. The molecule has 0 amide bonds. The van der Waals surface area contributed by atoms with Crippen molar-refractivity contribution in [1.29, 1.82) is 0 Å². The number of carboxylic acids is 1. The molecule has 11 heavy (non-hydrogen) atoms. The number of rotatable bonds is 2. The van der Waals surface area contributed by atoms with Crippen LogP contribution in [0.1, 0.15) is 19.8 Å². The van der Waals surface area contributed by atoms with Gasteiger partial charge >= 0.3 is 5.97 Å². The van der Waals surface area contributed by atoms with Crippen molar-refractivity contribution in [2.24, 2.45) is 5.92 Å². The second-order valence-electron chi connectivity index (χ2n) is 2.74. The number of carbonyl (C=O) groups is 2. The summed E-state index contributed by atoms with van der Waals surface area (Å²) in [7, 11) is 0. The zero-order valence-corrected chi connectivity index (χ0v) is 7.06. The molecule has 0 unspecified atom stereocenters. The second-order valence-corrected chi connectivity index (χ2v) is 4.22. The molecule has 0 atom stereocenters. The number of carbonyl (C=O) groups excluding carboxylic acids is 1. The van der Waals surface area contributed by atoms with E-state index in [1.807, 2.05) is 0 Å². The predicted octanol–water partition coefficient (Wildman–Crippen LogP) is 1.13. The van der Waals surface area contributed by atoms with E-state index in [1.54, 1.807) is 0 Å². The van der Waals surface area contributed by atoms with Crippen LogP contribution in [-0.2, 0) is 9.59 Å². The Morgan fingerprint density at radius 3 is 2.36 bits per heavy atom. The topological polar surface area (TPSA) is 54.4 Å². The van der Waals surface area contributed by atoms with Gasteiger partial charge in [-0.25, -0.2) is 0 Å². The van der Waals surface area contributed by atoms with Gasteiger partial charge in [0.25, 0.3) is 0 Å². The Labute approximate surface area is 69.2 Å². The van der Waals surface area contributed by atoms with Gasteiger partial charge in [0.2, 0.25) is 0 Å². The van der Waals surface area contributed by atoms with E-state index in [0.717, 1.165) is 0 Å². The molecule has 1 rings (SSSR count). The van der Waals surface area contributed by atoms with Crippen molar-refractivity contribution in [2.75, 3.05) is 0 Å². The molecule has 1 aliphatic carbocycles. The van der Waals surface area contributed by atoms with Crippen molar-refractivity contribution >= 4 is 22.8 Å². The Morgan fingerprint density at radius 2 is 2.00 bits per heavy atom. The molecule has 0 heterocycles. The zero-order chi connectivity index (χ0) is 8.43. The van der Waals surface area contributed by atoms with E-state index in [2.05, 4.69) is 0 Å². The molecule has 1 fully saturated rings. The summed E-state index contributed by atoms with van der Waals surface area (Å²) in [5.41, 5.74) is 0. The molecular formula is C7H10O3S. The number of hydrogen-bond donors (Lipinski definition) is 1. The van der Waals surface area contributed by atoms with E-state index in [1.165, 1.54) is 18.7 Å². The van der Waals surface area contributed by atoms with Crippen molar-refractivity contribution in [3.05, 3.63) is 0 Å². The minimum atomic E-state index is -0.731. The summed E-state index contributed by atoms with van der Waals surface area (Å²) in [6.45, 7) is 1.51. The van der Waals surface area contributed by atoms with Crippen LogP contribution in [0.5, 0.6) is 0 Å². The lowest BCUT2D eigenvalue weighted by molar-refractivity contribution is -0.144. The molecule has 62 valence electrons. The Balaban J connectivity index is 2.19. The summed E-state index contributed by atoms with van der Waals surface area (Å²) in [6.07, 6.45) is 1.30. The lowest BCUT2D eigenvalue weighted by Crippen LogP contribution is -2.32. The maximum absolute atomic E-state index is 10.5. The van der Waals surface area contributed by atoms with Crippen LogP contribution in [0.25, 0.3) is 0 Å². The summed E-state index contributed by atoms with van der Waals surface area (Å²) in [4.78, 5) is 20.9. The van der Waals surface area contributed by atoms with Gasteiger partial charge in [0.05, 0.1) is 5.92 Å². The van der Waals surface area contributed by atoms with Crippen molar-refractivity contribution in [3.63, 3.8) is 0 Å². The average molecular weight is 174 g/mol. The quantitative estimate of drug-likeness (QED) is 0.681. The Hall–Kier alpha value is -0.510. The number of carboxylic acid groups (broad SMARTS) is 1. The molecular weight excluding hydrogens is 164 g/mol. The molecule has 1 aliphatic rings. The minimum Gasteiger partial charge on any atom is -0.481 e. The Bertz CT molecular complexity index is 184. The van der Waals surface area contributed by atoms with Crippen LogP contribution in [0, 0.1) is 5.92 Å². The molecule has 3 nitrogen and oxygen atoms in total. The summed E-state index contributed by atoms with van der Waals surface area (Å²) in [6, 6.07) is 0. The Morgan fingerprint density at radius 1 is 1.45 bits per heavy atom. The molecule has 0 radical (unpaired) electrons. The predicted molar refractivity (Wildman–Crippen MR) is 42.4 cm³/mol. The molecule has 4 heteroatoms. The number of hydrogen-bond acceptors (Lipinski definition) is 3. The zero-order valence-electron chi connectivity index (χ0n) is 6.24. The largest absolute Gasteiger partial charge is 0.481 e.